The maximum Gasteiger partial charge on any atom is 0.311 e. The van der Waals surface area contributed by atoms with Gasteiger partial charge in [-0.25, -0.2) is 0 Å². The summed E-state index contributed by atoms with van der Waals surface area (Å²) in [6.45, 7) is 19.2. The quantitative estimate of drug-likeness (QED) is 0.155. The molecule has 0 aromatic rings. The molecule has 0 spiro atoms. The Morgan fingerprint density at radius 2 is 1.03 bits per heavy atom. The van der Waals surface area contributed by atoms with Gasteiger partial charge < -0.3 is 23.7 Å². The maximum atomic E-state index is 13.0. The van der Waals surface area contributed by atoms with E-state index in [2.05, 4.69) is 10.0 Å². The van der Waals surface area contributed by atoms with Crippen LogP contribution in [0.5, 0.6) is 0 Å². The molecule has 1 fully saturated rings. The number of hydrogen-bond donors (Lipinski definition) is 0. The number of hydrogen-bond acceptors (Lipinski definition) is 10. The van der Waals surface area contributed by atoms with Crippen molar-refractivity contribution in [2.75, 3.05) is 6.61 Å². The Labute approximate surface area is 224 Å². The third-order valence-electron chi connectivity index (χ3n) is 5.33. The SMILES string of the molecule is CC(C)(C)C(=O)OC[C@@H]1O[C@H](N=[N+]=[N-])[C@H](OC(=O)C(C)(C)C)[C@@H](OC(=O)C(C)(C)C)[C@@H]1OC(=O)C(C)(C)C. The molecule has 1 aliphatic rings. The molecule has 0 bridgehead atoms. The van der Waals surface area contributed by atoms with Gasteiger partial charge in [0.1, 0.15) is 12.7 Å². The Hall–Kier alpha value is -2.85. The van der Waals surface area contributed by atoms with Crippen molar-refractivity contribution in [3.05, 3.63) is 10.4 Å². The van der Waals surface area contributed by atoms with Gasteiger partial charge in [-0.15, -0.1) is 0 Å². The second-order valence-electron chi connectivity index (χ2n) is 13.5. The predicted octanol–water partition coefficient (Wildman–Crippen LogP) is 4.48. The van der Waals surface area contributed by atoms with Gasteiger partial charge in [-0.1, -0.05) is 5.11 Å². The zero-order valence-electron chi connectivity index (χ0n) is 24.6. The molecule has 1 rings (SSSR count). The fourth-order valence-corrected chi connectivity index (χ4v) is 2.85. The monoisotopic (exact) mass is 541 g/mol. The summed E-state index contributed by atoms with van der Waals surface area (Å²) in [5.41, 5.74) is 5.44. The topological polar surface area (TPSA) is 163 Å². The smallest absolute Gasteiger partial charge is 0.311 e. The highest BCUT2D eigenvalue weighted by Crippen LogP contribution is 2.34. The van der Waals surface area contributed by atoms with E-state index in [1.165, 1.54) is 0 Å². The lowest BCUT2D eigenvalue weighted by Gasteiger charge is -2.45. The van der Waals surface area contributed by atoms with Crippen LogP contribution in [0, 0.1) is 21.7 Å². The van der Waals surface area contributed by atoms with E-state index < -0.39 is 82.8 Å². The summed E-state index contributed by atoms with van der Waals surface area (Å²) >= 11 is 0. The molecule has 1 aliphatic heterocycles. The van der Waals surface area contributed by atoms with E-state index in [1.54, 1.807) is 83.1 Å². The lowest BCUT2D eigenvalue weighted by molar-refractivity contribution is -0.259. The highest BCUT2D eigenvalue weighted by atomic mass is 16.7. The number of ether oxygens (including phenoxy) is 5. The molecule has 0 radical (unpaired) electrons. The van der Waals surface area contributed by atoms with Crippen LogP contribution < -0.4 is 0 Å². The molecule has 5 atom stereocenters. The summed E-state index contributed by atoms with van der Waals surface area (Å²) in [7, 11) is 0. The molecule has 12 nitrogen and oxygen atoms in total. The van der Waals surface area contributed by atoms with Crippen molar-refractivity contribution < 1.29 is 42.9 Å². The summed E-state index contributed by atoms with van der Waals surface area (Å²) < 4.78 is 28.6. The van der Waals surface area contributed by atoms with Crippen LogP contribution in [-0.4, -0.2) is 61.1 Å². The van der Waals surface area contributed by atoms with Crippen LogP contribution in [-0.2, 0) is 42.9 Å². The second-order valence-corrected chi connectivity index (χ2v) is 13.5. The second kappa shape index (κ2) is 11.9. The normalized spacial score (nSPS) is 24.5. The Kier molecular flexibility index (Phi) is 10.4. The maximum absolute atomic E-state index is 13.0. The van der Waals surface area contributed by atoms with E-state index in [-0.39, 0.29) is 0 Å². The minimum Gasteiger partial charge on any atom is -0.462 e. The summed E-state index contributed by atoms with van der Waals surface area (Å²) in [5.74, 6) is -2.62. The van der Waals surface area contributed by atoms with Crippen molar-refractivity contribution in [3.63, 3.8) is 0 Å². The van der Waals surface area contributed by atoms with Crippen LogP contribution in [0.15, 0.2) is 5.11 Å². The fourth-order valence-electron chi connectivity index (χ4n) is 2.85. The van der Waals surface area contributed by atoms with Gasteiger partial charge in [-0.2, -0.15) is 0 Å². The van der Waals surface area contributed by atoms with Crippen molar-refractivity contribution in [1.29, 1.82) is 0 Å². The molecule has 0 aliphatic carbocycles. The van der Waals surface area contributed by atoms with Crippen LogP contribution in [0.1, 0.15) is 83.1 Å². The van der Waals surface area contributed by atoms with Crippen LogP contribution >= 0.6 is 0 Å². The molecule has 12 heteroatoms. The van der Waals surface area contributed by atoms with E-state index in [9.17, 15) is 24.7 Å². The van der Waals surface area contributed by atoms with Gasteiger partial charge >= 0.3 is 23.9 Å². The number of nitrogens with zero attached hydrogens (tertiary/aromatic N) is 3. The summed E-state index contributed by atoms with van der Waals surface area (Å²) in [6.07, 6.45) is -6.97. The number of rotatable bonds is 6. The standard InChI is InChI=1S/C26H43N3O9/c1-23(2,3)19(30)34-13-14-15(36-20(31)24(4,5)6)16(37-21(32)25(7,8)9)17(18(35-14)28-29-27)38-22(33)26(10,11)12/h14-18H,13H2,1-12H3/t14-,15+,16-,17+,18-/m0/s1. The van der Waals surface area contributed by atoms with Gasteiger partial charge in [0, 0.05) is 4.91 Å². The molecule has 1 heterocycles. The Balaban J connectivity index is 3.67. The van der Waals surface area contributed by atoms with Crippen LogP contribution in [0.4, 0.5) is 0 Å². The lowest BCUT2D eigenvalue weighted by atomic mass is 9.92. The molecule has 1 saturated heterocycles. The van der Waals surface area contributed by atoms with Gasteiger partial charge in [0.05, 0.1) is 21.7 Å². The highest BCUT2D eigenvalue weighted by molar-refractivity contribution is 5.78. The molecule has 0 amide bonds. The fraction of sp³-hybridized carbons (Fsp3) is 0.846. The third-order valence-corrected chi connectivity index (χ3v) is 5.33. The van der Waals surface area contributed by atoms with Gasteiger partial charge in [0.15, 0.2) is 24.5 Å². The van der Waals surface area contributed by atoms with Crippen LogP contribution in [0.2, 0.25) is 0 Å². The lowest BCUT2D eigenvalue weighted by Crippen LogP contribution is -2.63. The number of esters is 4. The highest BCUT2D eigenvalue weighted by Gasteiger charge is 2.54. The van der Waals surface area contributed by atoms with Gasteiger partial charge in [0.25, 0.3) is 0 Å². The largest absolute Gasteiger partial charge is 0.462 e. The summed E-state index contributed by atoms with van der Waals surface area (Å²) in [6, 6.07) is 0. The molecule has 0 aromatic carbocycles. The Morgan fingerprint density at radius 1 is 0.658 bits per heavy atom. The summed E-state index contributed by atoms with van der Waals surface area (Å²) in [4.78, 5) is 54.2. The molecule has 38 heavy (non-hydrogen) atoms. The minimum atomic E-state index is -1.48. The van der Waals surface area contributed by atoms with E-state index in [4.69, 9.17) is 23.7 Å². The zero-order chi connectivity index (χ0) is 29.9. The predicted molar refractivity (Wildman–Crippen MR) is 136 cm³/mol. The molecule has 0 aromatic heterocycles. The Bertz CT molecular complexity index is 945. The average molecular weight is 542 g/mol. The van der Waals surface area contributed by atoms with E-state index in [0.29, 0.717) is 0 Å². The van der Waals surface area contributed by atoms with E-state index in [0.717, 1.165) is 0 Å². The van der Waals surface area contributed by atoms with Crippen LogP contribution in [0.3, 0.4) is 0 Å². The van der Waals surface area contributed by atoms with E-state index >= 15 is 0 Å². The van der Waals surface area contributed by atoms with Gasteiger partial charge in [-0.05, 0) is 88.6 Å². The first kappa shape index (κ1) is 33.2. The first-order valence-electron chi connectivity index (χ1n) is 12.5. The number of azide groups is 1. The van der Waals surface area contributed by atoms with Crippen molar-refractivity contribution in [2.45, 2.75) is 114 Å². The van der Waals surface area contributed by atoms with Crippen molar-refractivity contribution in [1.82, 2.24) is 0 Å². The van der Waals surface area contributed by atoms with E-state index in [1.807, 2.05) is 0 Å². The molecular formula is C26H43N3O9. The van der Waals surface area contributed by atoms with Gasteiger partial charge in [-0.3, -0.25) is 19.2 Å². The number of carbonyl (C=O) groups is 4. The Morgan fingerprint density at radius 3 is 1.39 bits per heavy atom. The summed E-state index contributed by atoms with van der Waals surface area (Å²) in [5, 5.41) is 3.62. The number of carbonyl (C=O) groups excluding carboxylic acids is 4. The molecule has 0 saturated carbocycles. The van der Waals surface area contributed by atoms with Crippen molar-refractivity contribution in [3.8, 4) is 0 Å². The minimum absolute atomic E-state index is 0.418. The van der Waals surface area contributed by atoms with Crippen LogP contribution in [0.25, 0.3) is 10.4 Å². The molecular weight excluding hydrogens is 498 g/mol. The van der Waals surface area contributed by atoms with Crippen molar-refractivity contribution >= 4 is 23.9 Å². The third kappa shape index (κ3) is 9.16. The molecule has 216 valence electrons. The first-order chi connectivity index (χ1) is 17.0. The average Bonchev–Trinajstić information content (AvgIpc) is 2.73. The zero-order valence-corrected chi connectivity index (χ0v) is 24.6. The molecule has 0 unspecified atom stereocenters. The first-order valence-corrected chi connectivity index (χ1v) is 12.5. The molecule has 0 N–H and O–H groups in total. The van der Waals surface area contributed by atoms with Gasteiger partial charge in [0.2, 0.25) is 0 Å². The van der Waals surface area contributed by atoms with Crippen molar-refractivity contribution in [2.24, 2.45) is 26.8 Å².